The lowest BCUT2D eigenvalue weighted by molar-refractivity contribution is -0.123. The molecule has 1 aromatic heterocycles. The highest BCUT2D eigenvalue weighted by atomic mass is 19.3. The number of hydrogen-bond acceptors (Lipinski definition) is 3. The van der Waals surface area contributed by atoms with Gasteiger partial charge in [-0.3, -0.25) is 9.78 Å². The number of nitrogens with zero attached hydrogens (tertiary/aromatic N) is 1. The van der Waals surface area contributed by atoms with E-state index in [1.54, 1.807) is 12.2 Å². The van der Waals surface area contributed by atoms with E-state index in [0.717, 1.165) is 0 Å². The van der Waals surface area contributed by atoms with Gasteiger partial charge in [0, 0.05) is 12.7 Å². The number of amides is 1. The van der Waals surface area contributed by atoms with Gasteiger partial charge in [0.1, 0.15) is 0 Å². The van der Waals surface area contributed by atoms with Gasteiger partial charge in [-0.1, -0.05) is 0 Å². The monoisotopic (exact) mass is 279 g/mol. The standard InChI is InChI=1S/C11H13F4N3O/c1-2-17-8-5-16-4-3-7(8)9(19)18-6-11(14,15)10(12)13/h3-5,10,17H,2,6H2,1H3,(H,18,19). The molecule has 0 aliphatic rings. The van der Waals surface area contributed by atoms with E-state index < -0.39 is 24.8 Å². The van der Waals surface area contributed by atoms with Crippen LogP contribution in [0.2, 0.25) is 0 Å². The van der Waals surface area contributed by atoms with Crippen molar-refractivity contribution in [1.82, 2.24) is 10.3 Å². The Bertz CT molecular complexity index is 440. The van der Waals surface area contributed by atoms with E-state index in [2.05, 4.69) is 10.3 Å². The number of rotatable bonds is 6. The van der Waals surface area contributed by atoms with Crippen molar-refractivity contribution in [2.75, 3.05) is 18.4 Å². The fraction of sp³-hybridized carbons (Fsp3) is 0.455. The Morgan fingerprint density at radius 3 is 2.74 bits per heavy atom. The molecule has 0 saturated carbocycles. The summed E-state index contributed by atoms with van der Waals surface area (Å²) < 4.78 is 49.2. The van der Waals surface area contributed by atoms with Crippen molar-refractivity contribution in [3.05, 3.63) is 24.0 Å². The predicted molar refractivity (Wildman–Crippen MR) is 61.7 cm³/mol. The molecule has 1 aromatic rings. The molecule has 0 aliphatic carbocycles. The molecule has 106 valence electrons. The maximum Gasteiger partial charge on any atom is 0.324 e. The molecule has 0 aromatic carbocycles. The first-order valence-electron chi connectivity index (χ1n) is 5.50. The molecule has 4 nitrogen and oxygen atoms in total. The van der Waals surface area contributed by atoms with Crippen LogP contribution in [-0.2, 0) is 0 Å². The van der Waals surface area contributed by atoms with E-state index in [1.807, 2.05) is 0 Å². The van der Waals surface area contributed by atoms with Crippen molar-refractivity contribution in [1.29, 1.82) is 0 Å². The molecule has 0 aliphatic heterocycles. The van der Waals surface area contributed by atoms with E-state index in [4.69, 9.17) is 0 Å². The minimum atomic E-state index is -4.25. The van der Waals surface area contributed by atoms with Gasteiger partial charge in [0.25, 0.3) is 5.91 Å². The van der Waals surface area contributed by atoms with Crippen molar-refractivity contribution in [2.45, 2.75) is 19.3 Å². The first-order valence-corrected chi connectivity index (χ1v) is 5.50. The smallest absolute Gasteiger partial charge is 0.324 e. The van der Waals surface area contributed by atoms with E-state index in [-0.39, 0.29) is 5.56 Å². The van der Waals surface area contributed by atoms with Crippen LogP contribution in [0.1, 0.15) is 17.3 Å². The van der Waals surface area contributed by atoms with Gasteiger partial charge in [0.05, 0.1) is 24.0 Å². The third kappa shape index (κ3) is 4.08. The van der Waals surface area contributed by atoms with Gasteiger partial charge in [0.2, 0.25) is 0 Å². The van der Waals surface area contributed by atoms with Crippen molar-refractivity contribution < 1.29 is 22.4 Å². The van der Waals surface area contributed by atoms with Crippen LogP contribution in [0.25, 0.3) is 0 Å². The van der Waals surface area contributed by atoms with Gasteiger partial charge >= 0.3 is 12.3 Å². The van der Waals surface area contributed by atoms with E-state index in [0.29, 0.717) is 12.2 Å². The van der Waals surface area contributed by atoms with Crippen LogP contribution in [0, 0.1) is 0 Å². The number of aromatic nitrogens is 1. The summed E-state index contributed by atoms with van der Waals surface area (Å²) in [7, 11) is 0. The third-order valence-corrected chi connectivity index (χ3v) is 2.24. The van der Waals surface area contributed by atoms with Crippen LogP contribution in [0.3, 0.4) is 0 Å². The second kappa shape index (κ2) is 6.35. The molecule has 8 heteroatoms. The lowest BCUT2D eigenvalue weighted by Crippen LogP contribution is -2.41. The lowest BCUT2D eigenvalue weighted by atomic mass is 10.2. The molecule has 0 unspecified atom stereocenters. The van der Waals surface area contributed by atoms with Crippen LogP contribution in [0.5, 0.6) is 0 Å². The average Bonchev–Trinajstić information content (AvgIpc) is 2.37. The summed E-state index contributed by atoms with van der Waals surface area (Å²) in [5, 5.41) is 4.60. The lowest BCUT2D eigenvalue weighted by Gasteiger charge is -2.16. The number of carbonyl (C=O) groups is 1. The van der Waals surface area contributed by atoms with Gasteiger partial charge < -0.3 is 10.6 Å². The predicted octanol–water partition coefficient (Wildman–Crippen LogP) is 2.14. The SMILES string of the molecule is CCNc1cnccc1C(=O)NCC(F)(F)C(F)F. The second-order valence-electron chi connectivity index (χ2n) is 3.70. The minimum absolute atomic E-state index is 0.0712. The molecule has 0 bridgehead atoms. The fourth-order valence-electron chi connectivity index (χ4n) is 1.29. The molecule has 0 radical (unpaired) electrons. The number of carbonyl (C=O) groups excluding carboxylic acids is 1. The van der Waals surface area contributed by atoms with Gasteiger partial charge in [-0.15, -0.1) is 0 Å². The molecule has 0 atom stereocenters. The molecule has 1 amide bonds. The quantitative estimate of drug-likeness (QED) is 0.784. The normalized spacial score (nSPS) is 11.5. The van der Waals surface area contributed by atoms with E-state index in [9.17, 15) is 22.4 Å². The van der Waals surface area contributed by atoms with Crippen LogP contribution >= 0.6 is 0 Å². The number of halogens is 4. The molecule has 0 spiro atoms. The number of nitrogens with one attached hydrogen (secondary N) is 2. The maximum atomic E-state index is 12.7. The summed E-state index contributed by atoms with van der Waals surface area (Å²) in [5.74, 6) is -5.11. The Morgan fingerprint density at radius 2 is 2.16 bits per heavy atom. The van der Waals surface area contributed by atoms with Crippen LogP contribution in [0.4, 0.5) is 23.2 Å². The summed E-state index contributed by atoms with van der Waals surface area (Å²) >= 11 is 0. The molecule has 2 N–H and O–H groups in total. The topological polar surface area (TPSA) is 54.0 Å². The van der Waals surface area contributed by atoms with E-state index >= 15 is 0 Å². The van der Waals surface area contributed by atoms with Crippen LogP contribution in [-0.4, -0.2) is 36.3 Å². The third-order valence-electron chi connectivity index (χ3n) is 2.24. The molecule has 1 rings (SSSR count). The van der Waals surface area contributed by atoms with Crippen LogP contribution in [0.15, 0.2) is 18.5 Å². The first-order chi connectivity index (χ1) is 8.88. The summed E-state index contributed by atoms with van der Waals surface area (Å²) in [5.41, 5.74) is 0.421. The number of alkyl halides is 4. The minimum Gasteiger partial charge on any atom is -0.383 e. The molecular formula is C11H13F4N3O. The molecular weight excluding hydrogens is 266 g/mol. The Balaban J connectivity index is 2.74. The summed E-state index contributed by atoms with van der Waals surface area (Å²) in [6, 6.07) is 1.31. The molecule has 1 heterocycles. The number of anilines is 1. The molecule has 19 heavy (non-hydrogen) atoms. The summed E-state index contributed by atoms with van der Waals surface area (Å²) in [6.07, 6.45) is -1.16. The maximum absolute atomic E-state index is 12.7. The van der Waals surface area contributed by atoms with Crippen molar-refractivity contribution in [3.8, 4) is 0 Å². The Hall–Kier alpha value is -1.86. The number of pyridine rings is 1. The Kier molecular flexibility index (Phi) is 5.08. The van der Waals surface area contributed by atoms with E-state index in [1.165, 1.54) is 18.5 Å². The van der Waals surface area contributed by atoms with Gasteiger partial charge in [-0.2, -0.15) is 8.78 Å². The van der Waals surface area contributed by atoms with Crippen molar-refractivity contribution in [3.63, 3.8) is 0 Å². The summed E-state index contributed by atoms with van der Waals surface area (Å²) in [6.45, 7) is 0.857. The summed E-state index contributed by atoms with van der Waals surface area (Å²) in [4.78, 5) is 15.4. The fourth-order valence-corrected chi connectivity index (χ4v) is 1.29. The van der Waals surface area contributed by atoms with Gasteiger partial charge in [-0.05, 0) is 13.0 Å². The number of hydrogen-bond donors (Lipinski definition) is 2. The largest absolute Gasteiger partial charge is 0.383 e. The molecule has 0 fully saturated rings. The zero-order valence-electron chi connectivity index (χ0n) is 10.1. The Morgan fingerprint density at radius 1 is 1.47 bits per heavy atom. The highest BCUT2D eigenvalue weighted by Gasteiger charge is 2.40. The zero-order chi connectivity index (χ0) is 14.5. The van der Waals surface area contributed by atoms with Crippen LogP contribution < -0.4 is 10.6 Å². The second-order valence-corrected chi connectivity index (χ2v) is 3.70. The van der Waals surface area contributed by atoms with Crippen molar-refractivity contribution >= 4 is 11.6 Å². The highest BCUT2D eigenvalue weighted by Crippen LogP contribution is 2.22. The molecule has 0 saturated heterocycles. The van der Waals surface area contributed by atoms with Gasteiger partial charge in [-0.25, -0.2) is 8.78 Å². The Labute approximate surface area is 107 Å². The zero-order valence-corrected chi connectivity index (χ0v) is 10.1. The van der Waals surface area contributed by atoms with Gasteiger partial charge in [0.15, 0.2) is 0 Å². The highest BCUT2D eigenvalue weighted by molar-refractivity contribution is 5.99. The first kappa shape index (κ1) is 15.2. The van der Waals surface area contributed by atoms with Crippen molar-refractivity contribution in [2.24, 2.45) is 0 Å². The average molecular weight is 279 g/mol.